The van der Waals surface area contributed by atoms with Crippen molar-refractivity contribution in [2.24, 2.45) is 0 Å². The van der Waals surface area contributed by atoms with Crippen molar-refractivity contribution in [3.63, 3.8) is 0 Å². The molecule has 7 heteroatoms. The second-order valence-electron chi connectivity index (χ2n) is 9.28. The molecule has 176 valence electrons. The zero-order valence-electron chi connectivity index (χ0n) is 19.2. The lowest BCUT2D eigenvalue weighted by Gasteiger charge is -2.22. The Kier molecular flexibility index (Phi) is 5.06. The third kappa shape index (κ3) is 3.64. The highest BCUT2D eigenvalue weighted by Gasteiger charge is 2.55. The first-order valence-corrected chi connectivity index (χ1v) is 11.9. The number of aryl methyl sites for hydroxylation is 1. The Hall–Kier alpha value is -4.13. The van der Waals surface area contributed by atoms with E-state index in [0.29, 0.717) is 13.0 Å². The maximum atomic E-state index is 13.2. The molecular formula is C28H25N3O4. The van der Waals surface area contributed by atoms with E-state index in [1.807, 2.05) is 54.6 Å². The number of amides is 4. The van der Waals surface area contributed by atoms with Gasteiger partial charge in [0, 0.05) is 13.0 Å². The average molecular weight is 468 g/mol. The van der Waals surface area contributed by atoms with E-state index in [-0.39, 0.29) is 18.4 Å². The second kappa shape index (κ2) is 8.27. The first kappa shape index (κ1) is 21.4. The van der Waals surface area contributed by atoms with E-state index < -0.39 is 11.6 Å². The predicted molar refractivity (Wildman–Crippen MR) is 130 cm³/mol. The Morgan fingerprint density at radius 3 is 2.63 bits per heavy atom. The van der Waals surface area contributed by atoms with Crippen LogP contribution in [0.4, 0.5) is 4.79 Å². The number of hydrogen-bond donors (Lipinski definition) is 2. The summed E-state index contributed by atoms with van der Waals surface area (Å²) >= 11 is 0. The number of carbonyl (C=O) groups excluding carboxylic acids is 3. The minimum absolute atomic E-state index is 0.302. The summed E-state index contributed by atoms with van der Waals surface area (Å²) < 4.78 is 5.58. The summed E-state index contributed by atoms with van der Waals surface area (Å²) in [6.45, 7) is 0.745. The van der Waals surface area contributed by atoms with Gasteiger partial charge in [-0.2, -0.15) is 0 Å². The van der Waals surface area contributed by atoms with Gasteiger partial charge in [-0.1, -0.05) is 54.6 Å². The zero-order chi connectivity index (χ0) is 24.0. The van der Waals surface area contributed by atoms with Gasteiger partial charge in [0.15, 0.2) is 0 Å². The highest BCUT2D eigenvalue weighted by molar-refractivity contribution is 6.09. The van der Waals surface area contributed by atoms with Gasteiger partial charge >= 0.3 is 6.03 Å². The quantitative estimate of drug-likeness (QED) is 0.564. The van der Waals surface area contributed by atoms with Crippen LogP contribution in [0.3, 0.4) is 0 Å². The molecule has 3 aromatic carbocycles. The maximum absolute atomic E-state index is 13.2. The lowest BCUT2D eigenvalue weighted by Crippen LogP contribution is -2.43. The van der Waals surface area contributed by atoms with E-state index in [9.17, 15) is 14.4 Å². The Morgan fingerprint density at radius 2 is 1.77 bits per heavy atom. The molecule has 1 fully saturated rings. The third-order valence-electron chi connectivity index (χ3n) is 7.19. The van der Waals surface area contributed by atoms with Gasteiger partial charge in [-0.05, 0) is 58.4 Å². The van der Waals surface area contributed by atoms with Crippen LogP contribution in [0.1, 0.15) is 28.7 Å². The van der Waals surface area contributed by atoms with Crippen molar-refractivity contribution < 1.29 is 19.1 Å². The Bertz CT molecular complexity index is 1350. The fourth-order valence-electron chi connectivity index (χ4n) is 5.31. The summed E-state index contributed by atoms with van der Waals surface area (Å²) in [7, 11) is 0. The van der Waals surface area contributed by atoms with Crippen LogP contribution in [0.15, 0.2) is 66.7 Å². The normalized spacial score (nSPS) is 19.9. The van der Waals surface area contributed by atoms with Gasteiger partial charge in [0.1, 0.15) is 17.8 Å². The van der Waals surface area contributed by atoms with Crippen molar-refractivity contribution >= 4 is 17.8 Å². The minimum Gasteiger partial charge on any atom is -0.493 e. The minimum atomic E-state index is -1.05. The molecule has 4 amide bonds. The second-order valence-corrected chi connectivity index (χ2v) is 9.28. The molecule has 2 aliphatic heterocycles. The van der Waals surface area contributed by atoms with Crippen molar-refractivity contribution in [2.75, 3.05) is 13.2 Å². The predicted octanol–water partition coefficient (Wildman–Crippen LogP) is 3.30. The first-order valence-electron chi connectivity index (χ1n) is 11.9. The standard InChI is InChI=1S/C28H25N3O4/c32-25(17-31-26(33)28(30-27(31)34)13-11-20-3-1-2-4-23(20)28)29-16-18-5-7-19(8-6-18)21-9-10-24-22(15-21)12-14-35-24/h1-10,15H,11-14,16-17H2,(H,29,32)(H,30,34). The van der Waals surface area contributed by atoms with Crippen LogP contribution in [0.5, 0.6) is 5.75 Å². The molecule has 0 bridgehead atoms. The molecule has 3 aromatic rings. The van der Waals surface area contributed by atoms with Gasteiger partial charge in [0.25, 0.3) is 5.91 Å². The van der Waals surface area contributed by atoms with Crippen LogP contribution in [0.25, 0.3) is 11.1 Å². The fraction of sp³-hybridized carbons (Fsp3) is 0.250. The molecule has 6 rings (SSSR count). The molecular weight excluding hydrogens is 442 g/mol. The first-order chi connectivity index (χ1) is 17.0. The van der Waals surface area contributed by atoms with Crippen molar-refractivity contribution in [3.05, 3.63) is 89.0 Å². The number of hydrogen-bond acceptors (Lipinski definition) is 4. The van der Waals surface area contributed by atoms with E-state index in [4.69, 9.17) is 4.74 Å². The summed E-state index contributed by atoms with van der Waals surface area (Å²) in [5, 5.41) is 5.68. The highest BCUT2D eigenvalue weighted by Crippen LogP contribution is 2.41. The molecule has 1 saturated heterocycles. The molecule has 35 heavy (non-hydrogen) atoms. The molecule has 1 aliphatic carbocycles. The molecule has 7 nitrogen and oxygen atoms in total. The van der Waals surface area contributed by atoms with Crippen LogP contribution < -0.4 is 15.4 Å². The topological polar surface area (TPSA) is 87.7 Å². The van der Waals surface area contributed by atoms with Crippen molar-refractivity contribution in [1.82, 2.24) is 15.5 Å². The molecule has 0 saturated carbocycles. The van der Waals surface area contributed by atoms with Crippen LogP contribution in [-0.4, -0.2) is 35.9 Å². The highest BCUT2D eigenvalue weighted by atomic mass is 16.5. The molecule has 1 spiro atoms. The monoisotopic (exact) mass is 467 g/mol. The van der Waals surface area contributed by atoms with Crippen molar-refractivity contribution in [2.45, 2.75) is 31.3 Å². The molecule has 0 aromatic heterocycles. The smallest absolute Gasteiger partial charge is 0.325 e. The van der Waals surface area contributed by atoms with E-state index in [1.54, 1.807) is 0 Å². The number of urea groups is 1. The molecule has 3 aliphatic rings. The molecule has 1 atom stereocenters. The van der Waals surface area contributed by atoms with E-state index in [0.717, 1.165) is 57.9 Å². The summed E-state index contributed by atoms with van der Waals surface area (Å²) in [6, 6.07) is 21.3. The Balaban J connectivity index is 1.08. The van der Waals surface area contributed by atoms with Gasteiger partial charge in [-0.3, -0.25) is 14.5 Å². The van der Waals surface area contributed by atoms with Crippen molar-refractivity contribution in [3.8, 4) is 16.9 Å². The maximum Gasteiger partial charge on any atom is 0.325 e. The summed E-state index contributed by atoms with van der Waals surface area (Å²) in [5.74, 6) is 0.229. The molecule has 2 N–H and O–H groups in total. The largest absolute Gasteiger partial charge is 0.493 e. The number of imide groups is 1. The van der Waals surface area contributed by atoms with Crippen LogP contribution in [0, 0.1) is 0 Å². The van der Waals surface area contributed by atoms with Gasteiger partial charge in [0.2, 0.25) is 5.91 Å². The number of nitrogens with zero attached hydrogens (tertiary/aromatic N) is 1. The van der Waals surface area contributed by atoms with Gasteiger partial charge in [0.05, 0.1) is 6.61 Å². The van der Waals surface area contributed by atoms with Gasteiger partial charge in [-0.15, -0.1) is 0 Å². The summed E-state index contributed by atoms with van der Waals surface area (Å²) in [5.41, 5.74) is 5.23. The van der Waals surface area contributed by atoms with Crippen LogP contribution in [0.2, 0.25) is 0 Å². The fourth-order valence-corrected chi connectivity index (χ4v) is 5.31. The number of rotatable bonds is 5. The van der Waals surface area contributed by atoms with E-state index in [1.165, 1.54) is 5.56 Å². The van der Waals surface area contributed by atoms with Crippen molar-refractivity contribution in [1.29, 1.82) is 0 Å². The number of fused-ring (bicyclic) bond motifs is 3. The zero-order valence-corrected chi connectivity index (χ0v) is 19.2. The number of carbonyl (C=O) groups is 3. The summed E-state index contributed by atoms with van der Waals surface area (Å²) in [6.07, 6.45) is 2.16. The SMILES string of the molecule is O=C(CN1C(=O)NC2(CCc3ccccc32)C1=O)NCc1ccc(-c2ccc3c(c2)CCO3)cc1. The lowest BCUT2D eigenvalue weighted by atomic mass is 9.92. The van der Waals surface area contributed by atoms with Crippen LogP contribution >= 0.6 is 0 Å². The molecule has 1 unspecified atom stereocenters. The average Bonchev–Trinajstić information content (AvgIpc) is 3.56. The van der Waals surface area contributed by atoms with Gasteiger partial charge < -0.3 is 15.4 Å². The Morgan fingerprint density at radius 1 is 0.971 bits per heavy atom. The van der Waals surface area contributed by atoms with Gasteiger partial charge in [-0.25, -0.2) is 4.79 Å². The number of ether oxygens (including phenoxy) is 1. The van der Waals surface area contributed by atoms with Crippen LogP contribution in [-0.2, 0) is 34.5 Å². The number of benzene rings is 3. The summed E-state index contributed by atoms with van der Waals surface area (Å²) in [4.78, 5) is 39.5. The molecule has 0 radical (unpaired) electrons. The Labute approximate surface area is 203 Å². The molecule has 2 heterocycles. The number of nitrogens with one attached hydrogen (secondary N) is 2. The third-order valence-corrected chi connectivity index (χ3v) is 7.19. The van der Waals surface area contributed by atoms with E-state index in [2.05, 4.69) is 22.8 Å². The van der Waals surface area contributed by atoms with E-state index >= 15 is 0 Å². The lowest BCUT2D eigenvalue weighted by molar-refractivity contribution is -0.135.